The van der Waals surface area contributed by atoms with Gasteiger partial charge in [0.05, 0.1) is 7.11 Å². The second-order valence-electron chi connectivity index (χ2n) is 7.82. The van der Waals surface area contributed by atoms with Crippen LogP contribution in [-0.4, -0.2) is 47.7 Å². The first-order chi connectivity index (χ1) is 14.0. The van der Waals surface area contributed by atoms with Crippen molar-refractivity contribution in [3.63, 3.8) is 0 Å². The number of fused-ring (bicyclic) bond motifs is 4. The lowest BCUT2D eigenvalue weighted by Gasteiger charge is -2.42. The molecule has 2 aromatic rings. The number of pyridine rings is 1. The molecule has 2 aliphatic rings. The number of nitrogens with one attached hydrogen (secondary N) is 1. The van der Waals surface area contributed by atoms with Crippen molar-refractivity contribution < 1.29 is 14.3 Å². The molecule has 0 saturated carbocycles. The predicted molar refractivity (Wildman–Crippen MR) is 108 cm³/mol. The van der Waals surface area contributed by atoms with Crippen LogP contribution in [0.1, 0.15) is 23.6 Å². The maximum absolute atomic E-state index is 13.0. The molecule has 3 heterocycles. The lowest BCUT2D eigenvalue weighted by molar-refractivity contribution is -0.142. The molecule has 1 N–H and O–H groups in total. The number of aromatic nitrogens is 1. The van der Waals surface area contributed by atoms with Crippen molar-refractivity contribution in [2.45, 2.75) is 31.3 Å². The summed E-state index contributed by atoms with van der Waals surface area (Å²) in [6.45, 7) is 1.73. The first kappa shape index (κ1) is 19.2. The van der Waals surface area contributed by atoms with E-state index in [0.29, 0.717) is 26.1 Å². The number of piperidine rings is 1. The Kier molecular flexibility index (Phi) is 5.38. The molecule has 4 rings (SSSR count). The van der Waals surface area contributed by atoms with Gasteiger partial charge in [-0.25, -0.2) is 9.59 Å². The van der Waals surface area contributed by atoms with Gasteiger partial charge in [-0.3, -0.25) is 4.79 Å². The molecule has 1 saturated heterocycles. The Morgan fingerprint density at radius 3 is 2.66 bits per heavy atom. The number of nitrogens with zero attached hydrogens (tertiary/aromatic N) is 2. The van der Waals surface area contributed by atoms with Crippen molar-refractivity contribution >= 4 is 12.0 Å². The molecule has 0 spiro atoms. The molecule has 0 radical (unpaired) electrons. The zero-order valence-electron chi connectivity index (χ0n) is 16.4. The molecule has 7 nitrogen and oxygen atoms in total. The fourth-order valence-electron chi connectivity index (χ4n) is 4.49. The van der Waals surface area contributed by atoms with Crippen LogP contribution >= 0.6 is 0 Å². The number of esters is 1. The van der Waals surface area contributed by atoms with E-state index in [2.05, 4.69) is 5.32 Å². The monoisotopic (exact) mass is 395 g/mol. The van der Waals surface area contributed by atoms with Crippen molar-refractivity contribution in [1.29, 1.82) is 0 Å². The highest BCUT2D eigenvalue weighted by Gasteiger charge is 2.37. The first-order valence-corrected chi connectivity index (χ1v) is 9.92. The Labute approximate surface area is 169 Å². The Hall–Kier alpha value is -3.09. The zero-order valence-corrected chi connectivity index (χ0v) is 16.4. The van der Waals surface area contributed by atoms with Gasteiger partial charge in [0.1, 0.15) is 6.04 Å². The second-order valence-corrected chi connectivity index (χ2v) is 7.82. The average molecular weight is 395 g/mol. The molecule has 3 atom stereocenters. The van der Waals surface area contributed by atoms with Crippen LogP contribution in [-0.2, 0) is 22.5 Å². The lowest BCUT2D eigenvalue weighted by Crippen LogP contribution is -2.55. The molecule has 0 aliphatic carbocycles. The van der Waals surface area contributed by atoms with Crippen LogP contribution in [0.4, 0.5) is 4.79 Å². The number of urea groups is 1. The largest absolute Gasteiger partial charge is 0.467 e. The molecule has 2 aliphatic heterocycles. The summed E-state index contributed by atoms with van der Waals surface area (Å²) >= 11 is 0. The highest BCUT2D eigenvalue weighted by molar-refractivity contribution is 5.84. The van der Waals surface area contributed by atoms with E-state index in [1.54, 1.807) is 17.0 Å². The molecule has 29 heavy (non-hydrogen) atoms. The number of ether oxygens (including phenoxy) is 1. The van der Waals surface area contributed by atoms with Crippen molar-refractivity contribution in [3.05, 3.63) is 70.1 Å². The number of benzene rings is 1. The number of carbonyl (C=O) groups is 2. The van der Waals surface area contributed by atoms with Gasteiger partial charge in [0.25, 0.3) is 5.56 Å². The average Bonchev–Trinajstić information content (AvgIpc) is 2.74. The third kappa shape index (κ3) is 4.04. The summed E-state index contributed by atoms with van der Waals surface area (Å²) in [5, 5.41) is 2.85. The molecular weight excluding hydrogens is 370 g/mol. The third-order valence-corrected chi connectivity index (χ3v) is 5.83. The quantitative estimate of drug-likeness (QED) is 0.800. The minimum Gasteiger partial charge on any atom is -0.467 e. The minimum atomic E-state index is -0.744. The lowest BCUT2D eigenvalue weighted by atomic mass is 9.83. The number of hydrogen-bond acceptors (Lipinski definition) is 4. The molecule has 3 unspecified atom stereocenters. The van der Waals surface area contributed by atoms with Gasteiger partial charge in [0, 0.05) is 43.7 Å². The summed E-state index contributed by atoms with van der Waals surface area (Å²) in [6.07, 6.45) is 1.34. The summed E-state index contributed by atoms with van der Waals surface area (Å²) in [5.74, 6) is -0.0954. The standard InChI is InChI=1S/C22H25N3O4/c1-29-21(27)18(11-15-6-3-2-4-7-15)23-22(28)24-12-16-10-17(14-24)19-8-5-9-20(26)25(19)13-16/h2-9,16-18H,10-14H2,1H3,(H,23,28). The van der Waals surface area contributed by atoms with Gasteiger partial charge in [-0.05, 0) is 24.0 Å². The number of carbonyl (C=O) groups excluding carboxylic acids is 2. The Morgan fingerprint density at radius 2 is 1.90 bits per heavy atom. The van der Waals surface area contributed by atoms with E-state index in [-0.39, 0.29) is 23.4 Å². The fraction of sp³-hybridized carbons (Fsp3) is 0.409. The van der Waals surface area contributed by atoms with Gasteiger partial charge < -0.3 is 19.5 Å². The van der Waals surface area contributed by atoms with E-state index in [9.17, 15) is 14.4 Å². The minimum absolute atomic E-state index is 0.0173. The van der Waals surface area contributed by atoms with Gasteiger partial charge in [-0.15, -0.1) is 0 Å². The van der Waals surface area contributed by atoms with Crippen molar-refractivity contribution in [2.75, 3.05) is 20.2 Å². The van der Waals surface area contributed by atoms with Crippen LogP contribution in [0, 0.1) is 5.92 Å². The van der Waals surface area contributed by atoms with Crippen LogP contribution in [0.3, 0.4) is 0 Å². The normalized spacial score (nSPS) is 21.1. The van der Waals surface area contributed by atoms with Crippen LogP contribution in [0.15, 0.2) is 53.3 Å². The maximum Gasteiger partial charge on any atom is 0.328 e. The molecule has 152 valence electrons. The van der Waals surface area contributed by atoms with Gasteiger partial charge >= 0.3 is 12.0 Å². The van der Waals surface area contributed by atoms with Crippen LogP contribution in [0.25, 0.3) is 0 Å². The number of methoxy groups -OCH3 is 1. The fourth-order valence-corrected chi connectivity index (χ4v) is 4.49. The van der Waals surface area contributed by atoms with E-state index in [1.807, 2.05) is 41.0 Å². The number of rotatable bonds is 4. The van der Waals surface area contributed by atoms with Gasteiger partial charge in [-0.2, -0.15) is 0 Å². The molecule has 1 aromatic heterocycles. The highest BCUT2D eigenvalue weighted by atomic mass is 16.5. The Morgan fingerprint density at radius 1 is 1.10 bits per heavy atom. The zero-order chi connectivity index (χ0) is 20.4. The SMILES string of the molecule is COC(=O)C(Cc1ccccc1)NC(=O)N1CC2CC(C1)c1cccc(=O)n1C2. The number of likely N-dealkylation sites (tertiary alicyclic amines) is 1. The summed E-state index contributed by atoms with van der Waals surface area (Å²) < 4.78 is 6.73. The first-order valence-electron chi connectivity index (χ1n) is 9.92. The van der Waals surface area contributed by atoms with Crippen LogP contribution in [0.2, 0.25) is 0 Å². The van der Waals surface area contributed by atoms with Gasteiger partial charge in [-0.1, -0.05) is 36.4 Å². The summed E-state index contributed by atoms with van der Waals surface area (Å²) in [6, 6.07) is 13.9. The molecule has 1 aromatic carbocycles. The van der Waals surface area contributed by atoms with E-state index in [1.165, 1.54) is 7.11 Å². The summed E-state index contributed by atoms with van der Waals surface area (Å²) in [5.41, 5.74) is 1.95. The van der Waals surface area contributed by atoms with Crippen molar-refractivity contribution in [2.24, 2.45) is 5.92 Å². The Bertz CT molecular complexity index is 956. The van der Waals surface area contributed by atoms with E-state index in [0.717, 1.165) is 17.7 Å². The summed E-state index contributed by atoms with van der Waals surface area (Å²) in [7, 11) is 1.33. The van der Waals surface area contributed by atoms with Gasteiger partial charge in [0.2, 0.25) is 0 Å². The molecule has 2 bridgehead atoms. The van der Waals surface area contributed by atoms with E-state index >= 15 is 0 Å². The predicted octanol–water partition coefficient (Wildman–Crippen LogP) is 1.76. The van der Waals surface area contributed by atoms with Crippen LogP contribution < -0.4 is 10.9 Å². The Balaban J connectivity index is 1.48. The molecule has 1 fully saturated rings. The maximum atomic E-state index is 13.0. The number of hydrogen-bond donors (Lipinski definition) is 1. The van der Waals surface area contributed by atoms with Crippen molar-refractivity contribution in [3.8, 4) is 0 Å². The molecule has 2 amide bonds. The smallest absolute Gasteiger partial charge is 0.328 e. The van der Waals surface area contributed by atoms with E-state index < -0.39 is 12.0 Å². The van der Waals surface area contributed by atoms with Crippen LogP contribution in [0.5, 0.6) is 0 Å². The van der Waals surface area contributed by atoms with E-state index in [4.69, 9.17) is 4.74 Å². The third-order valence-electron chi connectivity index (χ3n) is 5.83. The van der Waals surface area contributed by atoms with Crippen molar-refractivity contribution in [1.82, 2.24) is 14.8 Å². The second kappa shape index (κ2) is 8.11. The number of amides is 2. The molecule has 7 heteroatoms. The van der Waals surface area contributed by atoms with Gasteiger partial charge in [0.15, 0.2) is 0 Å². The molecular formula is C22H25N3O4. The summed E-state index contributed by atoms with van der Waals surface area (Å²) in [4.78, 5) is 39.1. The highest BCUT2D eigenvalue weighted by Crippen LogP contribution is 2.34. The topological polar surface area (TPSA) is 80.6 Å².